The van der Waals surface area contributed by atoms with Crippen molar-refractivity contribution in [3.05, 3.63) is 35.4 Å². The van der Waals surface area contributed by atoms with Crippen LogP contribution in [-0.4, -0.2) is 4.83 Å². The quantitative estimate of drug-likeness (QED) is 0.729. The number of hydrogen-bond acceptors (Lipinski definition) is 0. The van der Waals surface area contributed by atoms with Crippen molar-refractivity contribution in [2.24, 2.45) is 5.41 Å². The van der Waals surface area contributed by atoms with Gasteiger partial charge in [-0.2, -0.15) is 0 Å². The zero-order chi connectivity index (χ0) is 11.1. The van der Waals surface area contributed by atoms with Crippen LogP contribution in [0, 0.1) is 17.0 Å². The summed E-state index contributed by atoms with van der Waals surface area (Å²) < 4.78 is 25.9. The molecular formula is C12H13BrF2. The van der Waals surface area contributed by atoms with Gasteiger partial charge in [0, 0.05) is 10.9 Å². The first-order chi connectivity index (χ1) is 7.02. The van der Waals surface area contributed by atoms with Crippen molar-refractivity contribution >= 4 is 15.9 Å². The fourth-order valence-electron chi connectivity index (χ4n) is 2.00. The molecule has 3 heteroatoms. The van der Waals surface area contributed by atoms with Crippen LogP contribution in [0.4, 0.5) is 8.78 Å². The number of alkyl halides is 1. The van der Waals surface area contributed by atoms with Gasteiger partial charge in [-0.05, 0) is 42.4 Å². The Morgan fingerprint density at radius 2 is 1.80 bits per heavy atom. The van der Waals surface area contributed by atoms with Gasteiger partial charge in [0.25, 0.3) is 0 Å². The van der Waals surface area contributed by atoms with Crippen molar-refractivity contribution in [1.29, 1.82) is 0 Å². The SMILES string of the molecule is CC(Br)C1(Cc2cc(F)cc(F)c2)CC1. The Kier molecular flexibility index (Phi) is 2.84. The minimum absolute atomic E-state index is 0.222. The Morgan fingerprint density at radius 3 is 2.20 bits per heavy atom. The lowest BCUT2D eigenvalue weighted by molar-refractivity contribution is 0.502. The zero-order valence-corrected chi connectivity index (χ0v) is 10.2. The van der Waals surface area contributed by atoms with Gasteiger partial charge in [0.05, 0.1) is 0 Å². The summed E-state index contributed by atoms with van der Waals surface area (Å²) in [6, 6.07) is 3.78. The Morgan fingerprint density at radius 1 is 1.27 bits per heavy atom. The van der Waals surface area contributed by atoms with E-state index < -0.39 is 11.6 Å². The molecule has 0 spiro atoms. The molecule has 0 aromatic heterocycles. The molecule has 1 aliphatic carbocycles. The summed E-state index contributed by atoms with van der Waals surface area (Å²) in [7, 11) is 0. The molecule has 1 aromatic rings. The van der Waals surface area contributed by atoms with Gasteiger partial charge in [-0.25, -0.2) is 8.78 Å². The van der Waals surface area contributed by atoms with Gasteiger partial charge in [-0.15, -0.1) is 0 Å². The lowest BCUT2D eigenvalue weighted by atomic mass is 9.94. The topological polar surface area (TPSA) is 0 Å². The molecule has 1 saturated carbocycles. The molecule has 0 radical (unpaired) electrons. The van der Waals surface area contributed by atoms with E-state index in [2.05, 4.69) is 22.9 Å². The highest BCUT2D eigenvalue weighted by atomic mass is 79.9. The Bertz CT molecular complexity index is 350. The highest BCUT2D eigenvalue weighted by Gasteiger charge is 2.46. The summed E-state index contributed by atoms with van der Waals surface area (Å²) >= 11 is 3.57. The van der Waals surface area contributed by atoms with Crippen molar-refractivity contribution in [2.45, 2.75) is 31.0 Å². The van der Waals surface area contributed by atoms with E-state index in [-0.39, 0.29) is 5.41 Å². The van der Waals surface area contributed by atoms with Crippen molar-refractivity contribution < 1.29 is 8.78 Å². The number of rotatable bonds is 3. The molecule has 1 atom stereocenters. The first-order valence-corrected chi connectivity index (χ1v) is 6.02. The summed E-state index contributed by atoms with van der Waals surface area (Å²) in [4.78, 5) is 0.399. The average molecular weight is 275 g/mol. The molecule has 0 bridgehead atoms. The third-order valence-electron chi connectivity index (χ3n) is 3.21. The second-order valence-corrected chi connectivity index (χ2v) is 5.81. The summed E-state index contributed by atoms with van der Waals surface area (Å²) in [5.41, 5.74) is 0.983. The largest absolute Gasteiger partial charge is 0.207 e. The predicted octanol–water partition coefficient (Wildman–Crippen LogP) is 4.07. The predicted molar refractivity (Wildman–Crippen MR) is 60.1 cm³/mol. The van der Waals surface area contributed by atoms with E-state index in [0.29, 0.717) is 4.83 Å². The second-order valence-electron chi connectivity index (χ2n) is 4.43. The van der Waals surface area contributed by atoms with E-state index >= 15 is 0 Å². The maximum absolute atomic E-state index is 13.0. The molecule has 0 aliphatic heterocycles. The number of halogens is 3. The lowest BCUT2D eigenvalue weighted by Gasteiger charge is -2.18. The first kappa shape index (κ1) is 11.1. The van der Waals surface area contributed by atoms with Crippen LogP contribution in [0.3, 0.4) is 0 Å². The third kappa shape index (κ3) is 2.39. The van der Waals surface area contributed by atoms with Crippen LogP contribution in [0.2, 0.25) is 0 Å². The van der Waals surface area contributed by atoms with Crippen LogP contribution in [0.5, 0.6) is 0 Å². The van der Waals surface area contributed by atoms with Gasteiger partial charge >= 0.3 is 0 Å². The third-order valence-corrected chi connectivity index (χ3v) is 4.19. The molecule has 0 amide bonds. The van der Waals surface area contributed by atoms with Crippen LogP contribution in [-0.2, 0) is 6.42 Å². The summed E-state index contributed by atoms with van der Waals surface area (Å²) in [6.45, 7) is 2.10. The van der Waals surface area contributed by atoms with Crippen LogP contribution < -0.4 is 0 Å². The molecule has 1 aliphatic rings. The van der Waals surface area contributed by atoms with Crippen LogP contribution in [0.15, 0.2) is 18.2 Å². The fraction of sp³-hybridized carbons (Fsp3) is 0.500. The molecular weight excluding hydrogens is 262 g/mol. The molecule has 0 N–H and O–H groups in total. The molecule has 0 heterocycles. The zero-order valence-electron chi connectivity index (χ0n) is 8.56. The van der Waals surface area contributed by atoms with E-state index in [1.165, 1.54) is 12.1 Å². The van der Waals surface area contributed by atoms with Crippen molar-refractivity contribution in [1.82, 2.24) is 0 Å². The minimum Gasteiger partial charge on any atom is -0.207 e. The Hall–Kier alpha value is -0.440. The molecule has 82 valence electrons. The van der Waals surface area contributed by atoms with Crippen molar-refractivity contribution in [3.8, 4) is 0 Å². The molecule has 0 nitrogen and oxygen atoms in total. The summed E-state index contributed by atoms with van der Waals surface area (Å²) in [5, 5.41) is 0. The summed E-state index contributed by atoms with van der Waals surface area (Å²) in [6.07, 6.45) is 3.03. The van der Waals surface area contributed by atoms with Gasteiger partial charge in [0.2, 0.25) is 0 Å². The van der Waals surface area contributed by atoms with Crippen molar-refractivity contribution in [3.63, 3.8) is 0 Å². The lowest BCUT2D eigenvalue weighted by Crippen LogP contribution is -2.15. The van der Waals surface area contributed by atoms with Crippen LogP contribution in [0.1, 0.15) is 25.3 Å². The van der Waals surface area contributed by atoms with Crippen molar-refractivity contribution in [2.75, 3.05) is 0 Å². The smallest absolute Gasteiger partial charge is 0.126 e. The maximum atomic E-state index is 13.0. The Balaban J connectivity index is 2.17. The second kappa shape index (κ2) is 3.85. The van der Waals surface area contributed by atoms with Gasteiger partial charge in [0.15, 0.2) is 0 Å². The number of benzene rings is 1. The molecule has 2 rings (SSSR count). The van der Waals surface area contributed by atoms with E-state index in [9.17, 15) is 8.78 Å². The summed E-state index contributed by atoms with van der Waals surface area (Å²) in [5.74, 6) is -0.967. The highest BCUT2D eigenvalue weighted by Crippen LogP contribution is 2.53. The first-order valence-electron chi connectivity index (χ1n) is 5.11. The fourth-order valence-corrected chi connectivity index (χ4v) is 2.62. The monoisotopic (exact) mass is 274 g/mol. The highest BCUT2D eigenvalue weighted by molar-refractivity contribution is 9.09. The van der Waals surface area contributed by atoms with Gasteiger partial charge in [-0.1, -0.05) is 22.9 Å². The number of hydrogen-bond donors (Lipinski definition) is 0. The Labute approximate surface area is 96.8 Å². The van der Waals surface area contributed by atoms with Crippen LogP contribution in [0.25, 0.3) is 0 Å². The van der Waals surface area contributed by atoms with E-state index in [1.807, 2.05) is 0 Å². The molecule has 1 fully saturated rings. The maximum Gasteiger partial charge on any atom is 0.126 e. The van der Waals surface area contributed by atoms with E-state index in [1.54, 1.807) is 0 Å². The molecule has 15 heavy (non-hydrogen) atoms. The standard InChI is InChI=1S/C12H13BrF2/c1-8(13)12(2-3-12)7-9-4-10(14)6-11(15)5-9/h4-6,8H,2-3,7H2,1H3. The van der Waals surface area contributed by atoms with Gasteiger partial charge < -0.3 is 0 Å². The van der Waals surface area contributed by atoms with E-state index in [4.69, 9.17) is 0 Å². The van der Waals surface area contributed by atoms with Crippen LogP contribution >= 0.6 is 15.9 Å². The molecule has 1 aromatic carbocycles. The normalized spacial score (nSPS) is 20.0. The van der Waals surface area contributed by atoms with Gasteiger partial charge in [-0.3, -0.25) is 0 Å². The minimum atomic E-state index is -0.483. The van der Waals surface area contributed by atoms with E-state index in [0.717, 1.165) is 30.9 Å². The molecule has 0 saturated heterocycles. The van der Waals surface area contributed by atoms with Gasteiger partial charge in [0.1, 0.15) is 11.6 Å². The molecule has 1 unspecified atom stereocenters. The average Bonchev–Trinajstić information content (AvgIpc) is 2.83.